The Balaban J connectivity index is 2.21. The minimum atomic E-state index is 0.298. The predicted molar refractivity (Wildman–Crippen MR) is 63.9 cm³/mol. The van der Waals surface area contributed by atoms with Gasteiger partial charge in [0.25, 0.3) is 0 Å². The maximum atomic E-state index is 8.60. The van der Waals surface area contributed by atoms with Gasteiger partial charge in [0.05, 0.1) is 0 Å². The van der Waals surface area contributed by atoms with Gasteiger partial charge in [0.2, 0.25) is 0 Å². The van der Waals surface area contributed by atoms with E-state index in [4.69, 9.17) is 16.7 Å². The van der Waals surface area contributed by atoms with Gasteiger partial charge in [-0.05, 0) is 30.2 Å². The molecule has 0 spiro atoms. The van der Waals surface area contributed by atoms with Crippen molar-refractivity contribution in [2.45, 2.75) is 18.6 Å². The predicted octanol–water partition coefficient (Wildman–Crippen LogP) is 3.35. The highest BCUT2D eigenvalue weighted by atomic mass is 35.5. The molecule has 14 heavy (non-hydrogen) atoms. The van der Waals surface area contributed by atoms with Gasteiger partial charge in [0.1, 0.15) is 0 Å². The summed E-state index contributed by atoms with van der Waals surface area (Å²) in [6.07, 6.45) is 1.97. The Morgan fingerprint density at radius 2 is 2.00 bits per heavy atom. The van der Waals surface area contributed by atoms with Crippen molar-refractivity contribution in [1.82, 2.24) is 0 Å². The number of hydrogen-bond acceptors (Lipinski definition) is 2. The summed E-state index contributed by atoms with van der Waals surface area (Å²) in [5.74, 6) is 2.05. The van der Waals surface area contributed by atoms with Gasteiger partial charge in [-0.1, -0.05) is 29.8 Å². The van der Waals surface area contributed by atoms with Crippen molar-refractivity contribution < 1.29 is 5.11 Å². The van der Waals surface area contributed by atoms with Crippen LogP contribution in [0.1, 0.15) is 18.4 Å². The first-order valence-corrected chi connectivity index (χ1v) is 6.30. The highest BCUT2D eigenvalue weighted by molar-refractivity contribution is 7.98. The van der Waals surface area contributed by atoms with E-state index in [9.17, 15) is 0 Å². The topological polar surface area (TPSA) is 20.2 Å². The Morgan fingerprint density at radius 3 is 2.71 bits per heavy atom. The van der Waals surface area contributed by atoms with Crippen LogP contribution in [0.25, 0.3) is 0 Å². The van der Waals surface area contributed by atoms with E-state index < -0.39 is 0 Å². The summed E-state index contributed by atoms with van der Waals surface area (Å²) >= 11 is 7.88. The molecule has 3 heteroatoms. The highest BCUT2D eigenvalue weighted by Crippen LogP contribution is 2.21. The second-order valence-electron chi connectivity index (χ2n) is 3.07. The quantitative estimate of drug-likeness (QED) is 0.757. The van der Waals surface area contributed by atoms with Gasteiger partial charge < -0.3 is 5.11 Å². The normalized spacial score (nSPS) is 10.4. The van der Waals surface area contributed by atoms with Gasteiger partial charge in [-0.3, -0.25) is 0 Å². The number of hydrogen-bond donors (Lipinski definition) is 1. The van der Waals surface area contributed by atoms with Crippen molar-refractivity contribution in [2.75, 3.05) is 12.4 Å². The number of unbranched alkanes of at least 4 members (excludes halogenated alkanes) is 1. The Kier molecular flexibility index (Phi) is 6.08. The zero-order chi connectivity index (χ0) is 10.2. The second kappa shape index (κ2) is 7.16. The molecule has 0 heterocycles. The smallest absolute Gasteiger partial charge is 0.0446 e. The standard InChI is InChI=1S/C11H15ClOS/c12-11-6-2-1-5-10(11)9-14-8-4-3-7-13/h1-2,5-6,13H,3-4,7-9H2. The zero-order valence-corrected chi connectivity index (χ0v) is 9.65. The molecule has 1 aromatic carbocycles. The molecule has 1 N–H and O–H groups in total. The van der Waals surface area contributed by atoms with E-state index in [1.54, 1.807) is 0 Å². The van der Waals surface area contributed by atoms with Crippen LogP contribution in [-0.4, -0.2) is 17.5 Å². The lowest BCUT2D eigenvalue weighted by Crippen LogP contribution is -1.87. The molecule has 78 valence electrons. The fraction of sp³-hybridized carbons (Fsp3) is 0.455. The lowest BCUT2D eigenvalue weighted by atomic mass is 10.2. The SMILES string of the molecule is OCCCCSCc1ccccc1Cl. The lowest BCUT2D eigenvalue weighted by Gasteiger charge is -2.03. The molecule has 1 nitrogen and oxygen atoms in total. The van der Waals surface area contributed by atoms with Gasteiger partial charge in [0.15, 0.2) is 0 Å². The van der Waals surface area contributed by atoms with Crippen LogP contribution in [0, 0.1) is 0 Å². The molecule has 0 saturated heterocycles. The molecule has 0 aliphatic rings. The van der Waals surface area contributed by atoms with Crippen LogP contribution in [0.4, 0.5) is 0 Å². The van der Waals surface area contributed by atoms with Crippen LogP contribution in [-0.2, 0) is 5.75 Å². The number of rotatable bonds is 6. The molecule has 0 unspecified atom stereocenters. The van der Waals surface area contributed by atoms with Crippen molar-refractivity contribution in [3.63, 3.8) is 0 Å². The summed E-state index contributed by atoms with van der Waals surface area (Å²) in [5.41, 5.74) is 1.20. The van der Waals surface area contributed by atoms with Gasteiger partial charge in [0, 0.05) is 17.4 Å². The molecule has 1 rings (SSSR count). The van der Waals surface area contributed by atoms with Crippen molar-refractivity contribution in [1.29, 1.82) is 0 Å². The Bertz CT molecular complexity index is 265. The van der Waals surface area contributed by atoms with E-state index in [0.717, 1.165) is 29.4 Å². The minimum absolute atomic E-state index is 0.298. The molecule has 0 fully saturated rings. The molecular formula is C11H15ClOS. The van der Waals surface area contributed by atoms with E-state index in [-0.39, 0.29) is 0 Å². The third kappa shape index (κ3) is 4.36. The summed E-state index contributed by atoms with van der Waals surface area (Å²) in [6, 6.07) is 7.93. The molecule has 0 bridgehead atoms. The first kappa shape index (κ1) is 11.9. The molecule has 0 aromatic heterocycles. The average molecular weight is 231 g/mol. The first-order chi connectivity index (χ1) is 6.84. The third-order valence-corrected chi connectivity index (χ3v) is 3.37. The number of aliphatic hydroxyl groups is 1. The average Bonchev–Trinajstić information content (AvgIpc) is 2.20. The van der Waals surface area contributed by atoms with Crippen molar-refractivity contribution >= 4 is 23.4 Å². The van der Waals surface area contributed by atoms with Crippen LogP contribution in [0.5, 0.6) is 0 Å². The Morgan fingerprint density at radius 1 is 1.21 bits per heavy atom. The second-order valence-corrected chi connectivity index (χ2v) is 4.59. The molecule has 1 aromatic rings. The van der Waals surface area contributed by atoms with Crippen molar-refractivity contribution in [3.8, 4) is 0 Å². The minimum Gasteiger partial charge on any atom is -0.396 e. The third-order valence-electron chi connectivity index (χ3n) is 1.91. The molecule has 0 aliphatic carbocycles. The van der Waals surface area contributed by atoms with E-state index in [0.29, 0.717) is 6.61 Å². The van der Waals surface area contributed by atoms with Crippen LogP contribution < -0.4 is 0 Å². The summed E-state index contributed by atoms with van der Waals surface area (Å²) < 4.78 is 0. The summed E-state index contributed by atoms with van der Waals surface area (Å²) in [4.78, 5) is 0. The maximum absolute atomic E-state index is 8.60. The van der Waals surface area contributed by atoms with Crippen molar-refractivity contribution in [2.24, 2.45) is 0 Å². The molecular weight excluding hydrogens is 216 g/mol. The Hall–Kier alpha value is -0.180. The zero-order valence-electron chi connectivity index (χ0n) is 8.08. The molecule has 0 aliphatic heterocycles. The summed E-state index contributed by atoms with van der Waals surface area (Å²) in [6.45, 7) is 0.298. The fourth-order valence-electron chi connectivity index (χ4n) is 1.11. The first-order valence-electron chi connectivity index (χ1n) is 4.76. The Labute approximate surface area is 94.5 Å². The molecule has 0 radical (unpaired) electrons. The molecule has 0 saturated carbocycles. The lowest BCUT2D eigenvalue weighted by molar-refractivity contribution is 0.287. The van der Waals surface area contributed by atoms with Crippen LogP contribution in [0.3, 0.4) is 0 Å². The van der Waals surface area contributed by atoms with Gasteiger partial charge in [-0.15, -0.1) is 0 Å². The van der Waals surface area contributed by atoms with E-state index >= 15 is 0 Å². The van der Waals surface area contributed by atoms with Gasteiger partial charge in [-0.25, -0.2) is 0 Å². The fourth-order valence-corrected chi connectivity index (χ4v) is 2.42. The monoisotopic (exact) mass is 230 g/mol. The number of benzene rings is 1. The van der Waals surface area contributed by atoms with E-state index in [1.165, 1.54) is 5.56 Å². The number of aliphatic hydroxyl groups excluding tert-OH is 1. The largest absolute Gasteiger partial charge is 0.396 e. The number of thioether (sulfide) groups is 1. The van der Waals surface area contributed by atoms with Crippen LogP contribution >= 0.6 is 23.4 Å². The van der Waals surface area contributed by atoms with Gasteiger partial charge >= 0.3 is 0 Å². The van der Waals surface area contributed by atoms with E-state index in [2.05, 4.69) is 6.07 Å². The van der Waals surface area contributed by atoms with Crippen LogP contribution in [0.15, 0.2) is 24.3 Å². The summed E-state index contributed by atoms with van der Waals surface area (Å²) in [7, 11) is 0. The molecule has 0 amide bonds. The van der Waals surface area contributed by atoms with Gasteiger partial charge in [-0.2, -0.15) is 11.8 Å². The van der Waals surface area contributed by atoms with Crippen LogP contribution in [0.2, 0.25) is 5.02 Å². The molecule has 0 atom stereocenters. The van der Waals surface area contributed by atoms with Crippen molar-refractivity contribution in [3.05, 3.63) is 34.9 Å². The number of halogens is 1. The summed E-state index contributed by atoms with van der Waals surface area (Å²) in [5, 5.41) is 9.45. The van der Waals surface area contributed by atoms with E-state index in [1.807, 2.05) is 30.0 Å². The maximum Gasteiger partial charge on any atom is 0.0446 e. The highest BCUT2D eigenvalue weighted by Gasteiger charge is 1.98.